The molecule has 3 aromatic heterocycles. The summed E-state index contributed by atoms with van der Waals surface area (Å²) in [5, 5.41) is 5.34. The van der Waals surface area contributed by atoms with Gasteiger partial charge in [0.1, 0.15) is 11.2 Å². The number of alkyl halides is 2. The Kier molecular flexibility index (Phi) is 5.55. The number of nitrogens with zero attached hydrogens (tertiary/aromatic N) is 4. The SMILES string of the molecule is CC(C)(C)OC(=O)N1CCC(n2cc(-c3cnc4[nH]cc(-c5cccc6c5OC(F)(F)O6)c4c3)cn2)CC1. The highest BCUT2D eigenvalue weighted by Crippen LogP contribution is 2.48. The number of piperidine rings is 1. The number of para-hydroxylation sites is 1. The van der Waals surface area contributed by atoms with Crippen LogP contribution in [0.2, 0.25) is 0 Å². The van der Waals surface area contributed by atoms with E-state index in [1.807, 2.05) is 37.7 Å². The van der Waals surface area contributed by atoms with Gasteiger partial charge in [0.2, 0.25) is 0 Å². The Morgan fingerprint density at radius 1 is 1.13 bits per heavy atom. The first-order valence-corrected chi connectivity index (χ1v) is 12.5. The molecule has 1 fully saturated rings. The first-order chi connectivity index (χ1) is 18.1. The van der Waals surface area contributed by atoms with Gasteiger partial charge < -0.3 is 24.1 Å². The molecule has 4 aromatic rings. The van der Waals surface area contributed by atoms with Crippen LogP contribution in [0.3, 0.4) is 0 Å². The quantitative estimate of drug-likeness (QED) is 0.355. The highest BCUT2D eigenvalue weighted by molar-refractivity contribution is 5.97. The Morgan fingerprint density at radius 2 is 1.92 bits per heavy atom. The fourth-order valence-corrected chi connectivity index (χ4v) is 4.89. The van der Waals surface area contributed by atoms with Gasteiger partial charge in [-0.05, 0) is 45.7 Å². The number of benzene rings is 1. The molecule has 1 aromatic carbocycles. The van der Waals surface area contributed by atoms with Crippen LogP contribution in [0.5, 0.6) is 11.5 Å². The summed E-state index contributed by atoms with van der Waals surface area (Å²) in [6.45, 7) is 6.78. The number of aromatic amines is 1. The topological polar surface area (TPSA) is 94.5 Å². The standard InChI is InChI=1S/C27H27F2N5O4/c1-26(2,3)38-25(35)33-9-7-18(8-10-33)34-15-17(13-32-34)16-11-20-21(14-31-24(20)30-12-16)19-5-4-6-22-23(19)37-27(28,29)36-22/h4-6,11-15,18H,7-10H2,1-3H3,(H,30,31). The van der Waals surface area contributed by atoms with E-state index >= 15 is 0 Å². The number of pyridine rings is 1. The summed E-state index contributed by atoms with van der Waals surface area (Å²) < 4.78 is 44.3. The van der Waals surface area contributed by atoms with E-state index < -0.39 is 11.9 Å². The molecule has 0 bridgehead atoms. The smallest absolute Gasteiger partial charge is 0.444 e. The molecule has 0 aliphatic carbocycles. The zero-order valence-corrected chi connectivity index (χ0v) is 21.2. The molecule has 0 saturated carbocycles. The monoisotopic (exact) mass is 523 g/mol. The van der Waals surface area contributed by atoms with Crippen molar-refractivity contribution in [2.45, 2.75) is 51.6 Å². The van der Waals surface area contributed by atoms with Crippen LogP contribution in [0, 0.1) is 0 Å². The van der Waals surface area contributed by atoms with Crippen molar-refractivity contribution in [1.29, 1.82) is 0 Å². The number of nitrogens with one attached hydrogen (secondary N) is 1. The molecule has 198 valence electrons. The van der Waals surface area contributed by atoms with Crippen molar-refractivity contribution >= 4 is 17.1 Å². The van der Waals surface area contributed by atoms with Crippen molar-refractivity contribution in [3.63, 3.8) is 0 Å². The number of ether oxygens (including phenoxy) is 3. The van der Waals surface area contributed by atoms with E-state index in [0.717, 1.165) is 29.4 Å². The van der Waals surface area contributed by atoms with Gasteiger partial charge in [0.05, 0.1) is 12.2 Å². The lowest BCUT2D eigenvalue weighted by Gasteiger charge is -2.33. The number of aromatic nitrogens is 4. The third kappa shape index (κ3) is 4.52. The first-order valence-electron chi connectivity index (χ1n) is 12.5. The minimum absolute atomic E-state index is 0.00523. The molecule has 1 amide bonds. The lowest BCUT2D eigenvalue weighted by Crippen LogP contribution is -2.42. The number of halogens is 2. The van der Waals surface area contributed by atoms with Gasteiger partial charge in [-0.15, -0.1) is 8.78 Å². The average Bonchev–Trinajstić information content (AvgIpc) is 3.58. The fraction of sp³-hybridized carbons (Fsp3) is 0.370. The lowest BCUT2D eigenvalue weighted by molar-refractivity contribution is -0.286. The number of carbonyl (C=O) groups is 1. The van der Waals surface area contributed by atoms with E-state index in [0.29, 0.717) is 29.9 Å². The number of H-pyrrole nitrogens is 1. The van der Waals surface area contributed by atoms with Crippen molar-refractivity contribution < 1.29 is 27.8 Å². The highest BCUT2D eigenvalue weighted by Gasteiger charge is 2.44. The number of fused-ring (bicyclic) bond motifs is 2. The Balaban J connectivity index is 1.22. The maximum Gasteiger partial charge on any atom is 0.586 e. The molecule has 5 heterocycles. The minimum Gasteiger partial charge on any atom is -0.444 e. The van der Waals surface area contributed by atoms with Crippen LogP contribution in [0.4, 0.5) is 13.6 Å². The molecule has 0 atom stereocenters. The van der Waals surface area contributed by atoms with Gasteiger partial charge in [0, 0.05) is 59.3 Å². The summed E-state index contributed by atoms with van der Waals surface area (Å²) >= 11 is 0. The number of carbonyl (C=O) groups excluding carboxylic acids is 1. The average molecular weight is 524 g/mol. The zero-order valence-electron chi connectivity index (χ0n) is 21.2. The van der Waals surface area contributed by atoms with Crippen LogP contribution in [0.1, 0.15) is 39.7 Å². The summed E-state index contributed by atoms with van der Waals surface area (Å²) in [5.74, 6) is -0.0145. The van der Waals surface area contributed by atoms with Crippen molar-refractivity contribution in [2.75, 3.05) is 13.1 Å². The minimum atomic E-state index is -3.70. The normalized spacial score (nSPS) is 17.2. The predicted molar refractivity (Wildman–Crippen MR) is 135 cm³/mol. The Hall–Kier alpha value is -4.15. The predicted octanol–water partition coefficient (Wildman–Crippen LogP) is 5.99. The van der Waals surface area contributed by atoms with Gasteiger partial charge in [0.15, 0.2) is 11.5 Å². The summed E-state index contributed by atoms with van der Waals surface area (Å²) in [6.07, 6.45) is 4.77. The molecule has 38 heavy (non-hydrogen) atoms. The molecule has 0 radical (unpaired) electrons. The van der Waals surface area contributed by atoms with Crippen molar-refractivity contribution in [3.05, 3.63) is 49.1 Å². The largest absolute Gasteiger partial charge is 0.586 e. The van der Waals surface area contributed by atoms with Crippen LogP contribution in [0.15, 0.2) is 49.1 Å². The highest BCUT2D eigenvalue weighted by atomic mass is 19.3. The van der Waals surface area contributed by atoms with Gasteiger partial charge >= 0.3 is 12.4 Å². The van der Waals surface area contributed by atoms with Crippen LogP contribution in [-0.2, 0) is 4.74 Å². The molecule has 11 heteroatoms. The van der Waals surface area contributed by atoms with Crippen LogP contribution in [-0.4, -0.2) is 55.7 Å². The number of hydrogen-bond acceptors (Lipinski definition) is 6. The molecular weight excluding hydrogens is 496 g/mol. The molecule has 2 aliphatic heterocycles. The molecule has 1 N–H and O–H groups in total. The molecule has 9 nitrogen and oxygen atoms in total. The van der Waals surface area contributed by atoms with Gasteiger partial charge in [0.25, 0.3) is 0 Å². The Labute approximate surface area is 217 Å². The second-order valence-corrected chi connectivity index (χ2v) is 10.5. The molecule has 2 aliphatic rings. The molecule has 1 saturated heterocycles. The third-order valence-corrected chi connectivity index (χ3v) is 6.67. The zero-order chi connectivity index (χ0) is 26.7. The van der Waals surface area contributed by atoms with E-state index in [4.69, 9.17) is 9.47 Å². The van der Waals surface area contributed by atoms with Crippen LogP contribution in [0.25, 0.3) is 33.3 Å². The van der Waals surface area contributed by atoms with E-state index in [1.54, 1.807) is 35.6 Å². The van der Waals surface area contributed by atoms with E-state index in [-0.39, 0.29) is 23.6 Å². The lowest BCUT2D eigenvalue weighted by atomic mass is 10.0. The molecule has 0 spiro atoms. The number of amides is 1. The fourth-order valence-electron chi connectivity index (χ4n) is 4.89. The first kappa shape index (κ1) is 24.2. The number of likely N-dealkylation sites (tertiary alicyclic amines) is 1. The van der Waals surface area contributed by atoms with Gasteiger partial charge in [-0.2, -0.15) is 5.10 Å². The van der Waals surface area contributed by atoms with E-state index in [2.05, 4.69) is 19.8 Å². The summed E-state index contributed by atoms with van der Waals surface area (Å²) in [4.78, 5) is 21.8. The summed E-state index contributed by atoms with van der Waals surface area (Å²) in [6, 6.07) is 6.92. The van der Waals surface area contributed by atoms with Crippen molar-refractivity contribution in [3.8, 4) is 33.8 Å². The number of hydrogen-bond donors (Lipinski definition) is 1. The van der Waals surface area contributed by atoms with Crippen LogP contribution < -0.4 is 9.47 Å². The maximum absolute atomic E-state index is 13.7. The van der Waals surface area contributed by atoms with Gasteiger partial charge in [-0.1, -0.05) is 12.1 Å². The van der Waals surface area contributed by atoms with Gasteiger partial charge in [-0.3, -0.25) is 4.68 Å². The maximum atomic E-state index is 13.7. The third-order valence-electron chi connectivity index (χ3n) is 6.67. The molecule has 6 rings (SSSR count). The summed E-state index contributed by atoms with van der Waals surface area (Å²) in [7, 11) is 0. The van der Waals surface area contributed by atoms with Gasteiger partial charge in [-0.25, -0.2) is 9.78 Å². The van der Waals surface area contributed by atoms with E-state index in [9.17, 15) is 13.6 Å². The Bertz CT molecular complexity index is 1520. The van der Waals surface area contributed by atoms with Crippen molar-refractivity contribution in [2.24, 2.45) is 0 Å². The van der Waals surface area contributed by atoms with E-state index in [1.165, 1.54) is 6.07 Å². The second kappa shape index (κ2) is 8.71. The summed E-state index contributed by atoms with van der Waals surface area (Å²) in [5.41, 5.74) is 2.98. The Morgan fingerprint density at radius 3 is 2.68 bits per heavy atom. The van der Waals surface area contributed by atoms with Crippen LogP contribution >= 0.6 is 0 Å². The molecular formula is C27H27F2N5O4. The van der Waals surface area contributed by atoms with Crippen molar-refractivity contribution in [1.82, 2.24) is 24.6 Å². The second-order valence-electron chi connectivity index (χ2n) is 10.5. The molecule has 0 unspecified atom stereocenters. The number of rotatable bonds is 3.